The van der Waals surface area contributed by atoms with Gasteiger partial charge in [-0.1, -0.05) is 6.08 Å². The Morgan fingerprint density at radius 1 is 1.41 bits per heavy atom. The van der Waals surface area contributed by atoms with E-state index in [2.05, 4.69) is 10.2 Å². The molecule has 1 aliphatic heterocycles. The number of hydrogen-bond donors (Lipinski definition) is 1. The van der Waals surface area contributed by atoms with Gasteiger partial charge in [0.1, 0.15) is 6.61 Å². The number of rotatable bonds is 4. The fourth-order valence-corrected chi connectivity index (χ4v) is 1.90. The van der Waals surface area contributed by atoms with Gasteiger partial charge in [-0.3, -0.25) is 0 Å². The van der Waals surface area contributed by atoms with E-state index in [9.17, 15) is 13.2 Å². The predicted molar refractivity (Wildman–Crippen MR) is 59.7 cm³/mol. The molecule has 0 aliphatic carbocycles. The zero-order valence-electron chi connectivity index (χ0n) is 10.2. The highest BCUT2D eigenvalue weighted by Crippen LogP contribution is 2.19. The number of allylic oxidation sites excluding steroid dienone is 1. The summed E-state index contributed by atoms with van der Waals surface area (Å²) in [4.78, 5) is 2.07. The highest BCUT2D eigenvalue weighted by Gasteiger charge is 2.29. The van der Waals surface area contributed by atoms with Crippen molar-refractivity contribution >= 4 is 0 Å². The van der Waals surface area contributed by atoms with Crippen molar-refractivity contribution < 1.29 is 17.9 Å². The highest BCUT2D eigenvalue weighted by molar-refractivity contribution is 5.06. The summed E-state index contributed by atoms with van der Waals surface area (Å²) in [6.07, 6.45) is -2.97. The monoisotopic (exact) mass is 252 g/mol. The summed E-state index contributed by atoms with van der Waals surface area (Å²) >= 11 is 0. The fourth-order valence-electron chi connectivity index (χ4n) is 1.90. The van der Waals surface area contributed by atoms with E-state index < -0.39 is 18.9 Å². The first-order chi connectivity index (χ1) is 7.94. The van der Waals surface area contributed by atoms with Crippen LogP contribution >= 0.6 is 0 Å². The summed E-state index contributed by atoms with van der Waals surface area (Å²) < 4.78 is 41.0. The first kappa shape index (κ1) is 14.3. The zero-order chi connectivity index (χ0) is 12.9. The van der Waals surface area contributed by atoms with Crippen LogP contribution in [0.15, 0.2) is 11.8 Å². The smallest absolute Gasteiger partial charge is 0.370 e. The van der Waals surface area contributed by atoms with Crippen LogP contribution in [0.1, 0.15) is 13.8 Å². The quantitative estimate of drug-likeness (QED) is 0.825. The second-order valence-electron chi connectivity index (χ2n) is 4.02. The molecule has 17 heavy (non-hydrogen) atoms. The number of piperazine rings is 1. The Hall–Kier alpha value is -0.750. The standard InChI is InChI=1S/C11H19F3N2O/c1-3-10(16-6-4-15-5-7-16)9(2)17-8-11(12,13)14/h3,9,15H,4-8H2,1-2H3/b10-3+. The fraction of sp³-hybridized carbons (Fsp3) is 0.818. The van der Waals surface area contributed by atoms with Gasteiger partial charge in [-0.25, -0.2) is 0 Å². The number of alkyl halides is 3. The van der Waals surface area contributed by atoms with Crippen LogP contribution in [-0.2, 0) is 4.74 Å². The van der Waals surface area contributed by atoms with Gasteiger partial charge in [-0.15, -0.1) is 0 Å². The van der Waals surface area contributed by atoms with Crippen LogP contribution in [0.4, 0.5) is 13.2 Å². The van der Waals surface area contributed by atoms with Gasteiger partial charge in [0.05, 0.1) is 6.10 Å². The van der Waals surface area contributed by atoms with Crippen molar-refractivity contribution in [1.82, 2.24) is 10.2 Å². The lowest BCUT2D eigenvalue weighted by Gasteiger charge is -2.34. The van der Waals surface area contributed by atoms with Crippen molar-refractivity contribution in [3.8, 4) is 0 Å². The van der Waals surface area contributed by atoms with Crippen molar-refractivity contribution in [3.63, 3.8) is 0 Å². The normalized spacial score (nSPS) is 20.5. The second kappa shape index (κ2) is 6.26. The molecule has 1 aliphatic rings. The van der Waals surface area contributed by atoms with E-state index in [-0.39, 0.29) is 0 Å². The molecule has 1 fully saturated rings. The zero-order valence-corrected chi connectivity index (χ0v) is 10.2. The molecule has 6 heteroatoms. The van der Waals surface area contributed by atoms with E-state index in [1.165, 1.54) is 0 Å². The van der Waals surface area contributed by atoms with Crippen molar-refractivity contribution in [1.29, 1.82) is 0 Å². The molecule has 3 nitrogen and oxygen atoms in total. The maximum absolute atomic E-state index is 12.1. The molecule has 1 rings (SSSR count). The molecule has 0 radical (unpaired) electrons. The Balaban J connectivity index is 2.49. The third-order valence-electron chi connectivity index (χ3n) is 2.69. The molecule has 1 saturated heterocycles. The van der Waals surface area contributed by atoms with Crippen molar-refractivity contribution in [3.05, 3.63) is 11.8 Å². The Morgan fingerprint density at radius 3 is 2.47 bits per heavy atom. The van der Waals surface area contributed by atoms with E-state index in [1.807, 2.05) is 13.0 Å². The molecule has 0 spiro atoms. The number of ether oxygens (including phenoxy) is 1. The molecule has 1 atom stereocenters. The number of halogens is 3. The van der Waals surface area contributed by atoms with E-state index in [1.54, 1.807) is 6.92 Å². The van der Waals surface area contributed by atoms with Gasteiger partial charge < -0.3 is 15.0 Å². The molecule has 1 unspecified atom stereocenters. The van der Waals surface area contributed by atoms with Crippen LogP contribution in [0.25, 0.3) is 0 Å². The van der Waals surface area contributed by atoms with Crippen LogP contribution in [-0.4, -0.2) is 50.0 Å². The van der Waals surface area contributed by atoms with Gasteiger partial charge in [-0.2, -0.15) is 13.2 Å². The molecule has 0 bridgehead atoms. The van der Waals surface area contributed by atoms with E-state index >= 15 is 0 Å². The van der Waals surface area contributed by atoms with E-state index in [0.29, 0.717) is 0 Å². The van der Waals surface area contributed by atoms with Gasteiger partial charge in [0.25, 0.3) is 0 Å². The maximum atomic E-state index is 12.1. The topological polar surface area (TPSA) is 24.5 Å². The van der Waals surface area contributed by atoms with Gasteiger partial charge >= 0.3 is 6.18 Å². The molecule has 0 amide bonds. The molecule has 1 N–H and O–H groups in total. The molecule has 0 aromatic carbocycles. The lowest BCUT2D eigenvalue weighted by atomic mass is 10.2. The summed E-state index contributed by atoms with van der Waals surface area (Å²) in [7, 11) is 0. The maximum Gasteiger partial charge on any atom is 0.411 e. The highest BCUT2D eigenvalue weighted by atomic mass is 19.4. The van der Waals surface area contributed by atoms with E-state index in [0.717, 1.165) is 31.9 Å². The number of hydrogen-bond acceptors (Lipinski definition) is 3. The molecule has 100 valence electrons. The van der Waals surface area contributed by atoms with Crippen LogP contribution in [0.3, 0.4) is 0 Å². The average molecular weight is 252 g/mol. The van der Waals surface area contributed by atoms with Crippen molar-refractivity contribution in [2.45, 2.75) is 26.1 Å². The van der Waals surface area contributed by atoms with Gasteiger partial charge in [0, 0.05) is 31.9 Å². The minimum Gasteiger partial charge on any atom is -0.370 e. The van der Waals surface area contributed by atoms with Crippen molar-refractivity contribution in [2.24, 2.45) is 0 Å². The SMILES string of the molecule is C/C=C(\C(C)OCC(F)(F)F)N1CCNCC1. The summed E-state index contributed by atoms with van der Waals surface area (Å²) in [5.41, 5.74) is 0.829. The molecule has 1 heterocycles. The summed E-state index contributed by atoms with van der Waals surface area (Å²) in [5, 5.41) is 3.20. The summed E-state index contributed by atoms with van der Waals surface area (Å²) in [6.45, 7) is 5.59. The van der Waals surface area contributed by atoms with Gasteiger partial charge in [0.15, 0.2) is 0 Å². The number of nitrogens with one attached hydrogen (secondary N) is 1. The first-order valence-electron chi connectivity index (χ1n) is 5.74. The second-order valence-corrected chi connectivity index (χ2v) is 4.02. The minimum absolute atomic E-state index is 0.528. The Kier molecular flexibility index (Phi) is 5.27. The third-order valence-corrected chi connectivity index (χ3v) is 2.69. The lowest BCUT2D eigenvalue weighted by Crippen LogP contribution is -2.45. The third kappa shape index (κ3) is 4.95. The number of nitrogens with zero attached hydrogens (tertiary/aromatic N) is 1. The molecule has 0 saturated carbocycles. The van der Waals surface area contributed by atoms with Gasteiger partial charge in [0.2, 0.25) is 0 Å². The van der Waals surface area contributed by atoms with Crippen LogP contribution in [0.2, 0.25) is 0 Å². The summed E-state index contributed by atoms with van der Waals surface area (Å²) in [6, 6.07) is 0. The van der Waals surface area contributed by atoms with Gasteiger partial charge in [-0.05, 0) is 13.8 Å². The molecule has 0 aromatic rings. The van der Waals surface area contributed by atoms with E-state index in [4.69, 9.17) is 4.74 Å². The lowest BCUT2D eigenvalue weighted by molar-refractivity contribution is -0.181. The largest absolute Gasteiger partial charge is 0.411 e. The molecule has 0 aromatic heterocycles. The van der Waals surface area contributed by atoms with Crippen LogP contribution < -0.4 is 5.32 Å². The molecular weight excluding hydrogens is 233 g/mol. The van der Waals surface area contributed by atoms with Crippen LogP contribution in [0, 0.1) is 0 Å². The Bertz CT molecular complexity index is 260. The van der Waals surface area contributed by atoms with Crippen LogP contribution in [0.5, 0.6) is 0 Å². The first-order valence-corrected chi connectivity index (χ1v) is 5.74. The minimum atomic E-state index is -4.27. The Labute approximate surface area is 99.6 Å². The summed E-state index contributed by atoms with van der Waals surface area (Å²) in [5.74, 6) is 0. The molecular formula is C11H19F3N2O. The van der Waals surface area contributed by atoms with Crippen molar-refractivity contribution in [2.75, 3.05) is 32.8 Å². The Morgan fingerprint density at radius 2 is 2.00 bits per heavy atom. The average Bonchev–Trinajstić information content (AvgIpc) is 2.28. The predicted octanol–water partition coefficient (Wildman–Crippen LogP) is 1.76.